The molecule has 0 spiro atoms. The van der Waals surface area contributed by atoms with E-state index in [1.807, 2.05) is 0 Å². The third kappa shape index (κ3) is 3.49. The molecule has 21 heavy (non-hydrogen) atoms. The summed E-state index contributed by atoms with van der Waals surface area (Å²) in [4.78, 5) is -0.578. The molecule has 0 aliphatic rings. The van der Waals surface area contributed by atoms with Gasteiger partial charge in [0.05, 0.1) is 5.69 Å². The van der Waals surface area contributed by atoms with Gasteiger partial charge in [-0.05, 0) is 12.1 Å². The Labute approximate surface area is 126 Å². The van der Waals surface area contributed by atoms with Crippen molar-refractivity contribution in [2.45, 2.75) is 11.3 Å². The molecular weight excluding hydrogens is 321 g/mol. The van der Waals surface area contributed by atoms with Gasteiger partial charge in [0.15, 0.2) is 5.82 Å². The predicted molar refractivity (Wildman–Crippen MR) is 75.7 cm³/mol. The van der Waals surface area contributed by atoms with Gasteiger partial charge >= 0.3 is 0 Å². The molecule has 114 valence electrons. The molecule has 0 radical (unpaired) electrons. The largest absolute Gasteiger partial charge is 0.396 e. The maximum absolute atomic E-state index is 13.8. The van der Waals surface area contributed by atoms with Crippen LogP contribution in [0.1, 0.15) is 5.82 Å². The summed E-state index contributed by atoms with van der Waals surface area (Å²) in [6.07, 6.45) is 1.81. The molecule has 1 heterocycles. The highest BCUT2D eigenvalue weighted by Gasteiger charge is 2.21. The molecule has 0 fully saturated rings. The average Bonchev–Trinajstić information content (AvgIpc) is 2.79. The van der Waals surface area contributed by atoms with Crippen LogP contribution in [0.25, 0.3) is 0 Å². The van der Waals surface area contributed by atoms with Crippen molar-refractivity contribution in [3.63, 3.8) is 0 Å². The molecule has 0 unspecified atom stereocenters. The second kappa shape index (κ2) is 5.96. The molecular formula is C11H13ClFN5O2S. The molecule has 2 aromatic rings. The van der Waals surface area contributed by atoms with Crippen molar-refractivity contribution in [1.29, 1.82) is 0 Å². The van der Waals surface area contributed by atoms with Crippen molar-refractivity contribution in [2.75, 3.05) is 12.3 Å². The van der Waals surface area contributed by atoms with Gasteiger partial charge < -0.3 is 10.3 Å². The summed E-state index contributed by atoms with van der Waals surface area (Å²) < 4.78 is 41.9. The zero-order valence-electron chi connectivity index (χ0n) is 11.0. The van der Waals surface area contributed by atoms with Crippen LogP contribution in [0.5, 0.6) is 0 Å². The van der Waals surface area contributed by atoms with Gasteiger partial charge in [-0.1, -0.05) is 11.6 Å². The Kier molecular flexibility index (Phi) is 4.45. The number of nitrogens with two attached hydrogens (primary N) is 1. The molecule has 7 nitrogen and oxygen atoms in total. The Balaban J connectivity index is 2.14. The molecule has 1 aromatic carbocycles. The number of nitrogen functional groups attached to an aromatic ring is 1. The van der Waals surface area contributed by atoms with Crippen LogP contribution < -0.4 is 10.5 Å². The number of sulfonamides is 1. The van der Waals surface area contributed by atoms with Crippen LogP contribution in [-0.2, 0) is 23.5 Å². The van der Waals surface area contributed by atoms with E-state index in [4.69, 9.17) is 17.3 Å². The van der Waals surface area contributed by atoms with Crippen molar-refractivity contribution in [3.05, 3.63) is 35.1 Å². The predicted octanol–water partition coefficient (Wildman–Crippen LogP) is 0.711. The monoisotopic (exact) mass is 333 g/mol. The Morgan fingerprint density at radius 3 is 2.81 bits per heavy atom. The van der Waals surface area contributed by atoms with E-state index in [0.29, 0.717) is 12.2 Å². The number of rotatable bonds is 5. The first-order chi connectivity index (χ1) is 9.81. The molecule has 0 bridgehead atoms. The third-order valence-electron chi connectivity index (χ3n) is 2.77. The lowest BCUT2D eigenvalue weighted by atomic mass is 10.3. The molecule has 0 saturated heterocycles. The second-order valence-electron chi connectivity index (χ2n) is 4.31. The van der Waals surface area contributed by atoms with E-state index in [2.05, 4.69) is 14.9 Å². The fourth-order valence-corrected chi connectivity index (χ4v) is 3.14. The average molecular weight is 334 g/mol. The lowest BCUT2D eigenvalue weighted by Gasteiger charge is -2.09. The highest BCUT2D eigenvalue weighted by molar-refractivity contribution is 7.89. The zero-order valence-corrected chi connectivity index (χ0v) is 12.6. The molecule has 0 amide bonds. The van der Waals surface area contributed by atoms with E-state index in [1.54, 1.807) is 11.6 Å². The second-order valence-corrected chi connectivity index (χ2v) is 6.48. The Morgan fingerprint density at radius 2 is 2.19 bits per heavy atom. The Hall–Kier alpha value is -1.71. The lowest BCUT2D eigenvalue weighted by Crippen LogP contribution is -2.27. The lowest BCUT2D eigenvalue weighted by molar-refractivity contribution is 0.558. The maximum atomic E-state index is 13.8. The minimum Gasteiger partial charge on any atom is -0.396 e. The van der Waals surface area contributed by atoms with Crippen molar-refractivity contribution in [1.82, 2.24) is 19.5 Å². The molecule has 0 saturated carbocycles. The van der Waals surface area contributed by atoms with Crippen LogP contribution in [0.2, 0.25) is 5.02 Å². The number of nitrogens with zero attached hydrogens (tertiary/aromatic N) is 3. The number of aromatic nitrogens is 3. The minimum atomic E-state index is -4.05. The first-order valence-electron chi connectivity index (χ1n) is 5.88. The SMILES string of the molecule is Cn1cnnc1CCNS(=O)(=O)c1cc(Cl)cc(N)c1F. The topological polar surface area (TPSA) is 103 Å². The third-order valence-corrected chi connectivity index (χ3v) is 4.45. The molecule has 0 aliphatic carbocycles. The first kappa shape index (κ1) is 15.7. The van der Waals surface area contributed by atoms with Crippen LogP contribution >= 0.6 is 11.6 Å². The smallest absolute Gasteiger partial charge is 0.243 e. The van der Waals surface area contributed by atoms with Crippen LogP contribution in [0.4, 0.5) is 10.1 Å². The normalized spacial score (nSPS) is 11.8. The fourth-order valence-electron chi connectivity index (χ4n) is 1.69. The van der Waals surface area contributed by atoms with Gasteiger partial charge in [0.1, 0.15) is 17.0 Å². The molecule has 0 aliphatic heterocycles. The summed E-state index contributed by atoms with van der Waals surface area (Å²) in [5.41, 5.74) is 5.05. The Morgan fingerprint density at radius 1 is 1.48 bits per heavy atom. The van der Waals surface area contributed by atoms with Gasteiger partial charge in [-0.3, -0.25) is 0 Å². The first-order valence-corrected chi connectivity index (χ1v) is 7.74. The fraction of sp³-hybridized carbons (Fsp3) is 0.273. The number of anilines is 1. The van der Waals surface area contributed by atoms with E-state index in [1.165, 1.54) is 6.33 Å². The summed E-state index contributed by atoms with van der Waals surface area (Å²) in [7, 11) is -2.31. The maximum Gasteiger partial charge on any atom is 0.243 e. The molecule has 0 atom stereocenters. The number of nitrogens with one attached hydrogen (secondary N) is 1. The van der Waals surface area contributed by atoms with Crippen LogP contribution in [-0.4, -0.2) is 29.7 Å². The van der Waals surface area contributed by atoms with Crippen molar-refractivity contribution < 1.29 is 12.8 Å². The molecule has 2 rings (SSSR count). The number of aryl methyl sites for hydroxylation is 1. The molecule has 1 aromatic heterocycles. The van der Waals surface area contributed by atoms with Gasteiger partial charge in [-0.15, -0.1) is 10.2 Å². The van der Waals surface area contributed by atoms with E-state index < -0.39 is 20.7 Å². The number of benzene rings is 1. The highest BCUT2D eigenvalue weighted by atomic mass is 35.5. The zero-order chi connectivity index (χ0) is 15.6. The van der Waals surface area contributed by atoms with Crippen LogP contribution in [0.15, 0.2) is 23.4 Å². The summed E-state index contributed by atoms with van der Waals surface area (Å²) in [6, 6.07) is 2.16. The van der Waals surface area contributed by atoms with Gasteiger partial charge in [0.25, 0.3) is 0 Å². The van der Waals surface area contributed by atoms with Crippen LogP contribution in [0.3, 0.4) is 0 Å². The summed E-state index contributed by atoms with van der Waals surface area (Å²) in [6.45, 7) is 0.0424. The van der Waals surface area contributed by atoms with Crippen LogP contribution in [0, 0.1) is 5.82 Å². The minimum absolute atomic E-state index is 0.0424. The number of hydrogen-bond donors (Lipinski definition) is 2. The number of halogens is 2. The van der Waals surface area contributed by atoms with Crippen molar-refractivity contribution in [3.8, 4) is 0 Å². The van der Waals surface area contributed by atoms with E-state index >= 15 is 0 Å². The van der Waals surface area contributed by atoms with Crippen molar-refractivity contribution >= 4 is 27.3 Å². The quantitative estimate of drug-likeness (QED) is 0.784. The number of hydrogen-bond acceptors (Lipinski definition) is 5. The molecule has 3 N–H and O–H groups in total. The summed E-state index contributed by atoms with van der Waals surface area (Å²) in [5, 5.41) is 7.53. The van der Waals surface area contributed by atoms with E-state index in [-0.39, 0.29) is 17.3 Å². The van der Waals surface area contributed by atoms with Crippen molar-refractivity contribution in [2.24, 2.45) is 7.05 Å². The van der Waals surface area contributed by atoms with Gasteiger partial charge in [-0.2, -0.15) is 0 Å². The van der Waals surface area contributed by atoms with E-state index in [0.717, 1.165) is 12.1 Å². The van der Waals surface area contributed by atoms with Gasteiger partial charge in [-0.25, -0.2) is 17.5 Å². The van der Waals surface area contributed by atoms with Gasteiger partial charge in [0, 0.05) is 25.0 Å². The standard InChI is InChI=1S/C11H13ClFN5O2S/c1-18-6-15-17-10(18)2-3-16-21(19,20)9-5-7(12)4-8(14)11(9)13/h4-6,16H,2-3,14H2,1H3. The molecule has 10 heteroatoms. The Bertz CT molecular complexity index is 762. The summed E-state index contributed by atoms with van der Waals surface area (Å²) >= 11 is 5.70. The highest BCUT2D eigenvalue weighted by Crippen LogP contribution is 2.24. The van der Waals surface area contributed by atoms with E-state index in [9.17, 15) is 12.8 Å². The van der Waals surface area contributed by atoms with Gasteiger partial charge in [0.2, 0.25) is 10.0 Å². The summed E-state index contributed by atoms with van der Waals surface area (Å²) in [5.74, 6) is -0.422.